The van der Waals surface area contributed by atoms with Crippen molar-refractivity contribution < 1.29 is 27.5 Å². The summed E-state index contributed by atoms with van der Waals surface area (Å²) in [5, 5.41) is 0. The Bertz CT molecular complexity index is 800. The van der Waals surface area contributed by atoms with Gasteiger partial charge in [0.1, 0.15) is 5.75 Å². The van der Waals surface area contributed by atoms with Crippen molar-refractivity contribution in [2.45, 2.75) is 19.4 Å². The number of carbonyl (C=O) groups is 2. The third-order valence-corrected chi connectivity index (χ3v) is 6.87. The molecule has 1 amide bonds. The lowest BCUT2D eigenvalue weighted by Gasteiger charge is -2.37. The number of hydrogen-bond acceptors (Lipinski definition) is 7. The van der Waals surface area contributed by atoms with Crippen molar-refractivity contribution >= 4 is 21.7 Å². The highest BCUT2D eigenvalue weighted by Gasteiger charge is 2.34. The van der Waals surface area contributed by atoms with Gasteiger partial charge in [-0.1, -0.05) is 0 Å². The van der Waals surface area contributed by atoms with E-state index in [0.717, 1.165) is 0 Å². The normalized spacial score (nSPS) is 22.0. The molecule has 2 saturated heterocycles. The fourth-order valence-electron chi connectivity index (χ4n) is 3.54. The molecule has 2 aliphatic heterocycles. The molecule has 1 aromatic rings. The lowest BCUT2D eigenvalue weighted by molar-refractivity contribution is -0.135. The molecule has 0 aromatic heterocycles. The van der Waals surface area contributed by atoms with Gasteiger partial charge < -0.3 is 14.4 Å². The summed E-state index contributed by atoms with van der Waals surface area (Å²) < 4.78 is 33.7. The minimum absolute atomic E-state index is 0.0729. The van der Waals surface area contributed by atoms with Crippen LogP contribution in [0.15, 0.2) is 24.3 Å². The third kappa shape index (κ3) is 5.23. The maximum Gasteiger partial charge on any atom is 0.338 e. The molecule has 0 spiro atoms. The first-order valence-electron chi connectivity index (χ1n) is 9.50. The first-order chi connectivity index (χ1) is 13.4. The third-order valence-electron chi connectivity index (χ3n) is 5.12. The first kappa shape index (κ1) is 20.6. The van der Waals surface area contributed by atoms with Gasteiger partial charge in [-0.25, -0.2) is 13.2 Å². The first-order valence-corrected chi connectivity index (χ1v) is 11.3. The van der Waals surface area contributed by atoms with Gasteiger partial charge in [-0.15, -0.1) is 0 Å². The van der Waals surface area contributed by atoms with Gasteiger partial charge in [0.25, 0.3) is 5.91 Å². The Labute approximate surface area is 165 Å². The van der Waals surface area contributed by atoms with Crippen LogP contribution in [0.25, 0.3) is 0 Å². The average Bonchev–Trinajstić information content (AvgIpc) is 3.06. The van der Waals surface area contributed by atoms with Crippen LogP contribution in [0.4, 0.5) is 0 Å². The second-order valence-corrected chi connectivity index (χ2v) is 9.24. The van der Waals surface area contributed by atoms with Crippen LogP contribution >= 0.6 is 0 Å². The van der Waals surface area contributed by atoms with E-state index >= 15 is 0 Å². The summed E-state index contributed by atoms with van der Waals surface area (Å²) in [6, 6.07) is 6.56. The summed E-state index contributed by atoms with van der Waals surface area (Å²) in [5.41, 5.74) is 0.436. The van der Waals surface area contributed by atoms with Crippen LogP contribution in [0.5, 0.6) is 5.75 Å². The fourth-order valence-corrected chi connectivity index (χ4v) is 5.30. The molecule has 1 atom stereocenters. The highest BCUT2D eigenvalue weighted by molar-refractivity contribution is 7.91. The summed E-state index contributed by atoms with van der Waals surface area (Å²) in [7, 11) is -2.90. The number of piperazine rings is 1. The van der Waals surface area contributed by atoms with Crippen molar-refractivity contribution in [3.8, 4) is 5.75 Å². The Hall–Kier alpha value is -2.13. The topological polar surface area (TPSA) is 93.2 Å². The molecular weight excluding hydrogens is 384 g/mol. The number of esters is 1. The maximum absolute atomic E-state index is 12.4. The average molecular weight is 410 g/mol. The molecule has 3 rings (SSSR count). The van der Waals surface area contributed by atoms with E-state index in [2.05, 4.69) is 4.90 Å². The zero-order valence-corrected chi connectivity index (χ0v) is 16.8. The minimum atomic E-state index is -2.90. The number of ether oxygens (including phenoxy) is 2. The highest BCUT2D eigenvalue weighted by Crippen LogP contribution is 2.19. The molecule has 9 heteroatoms. The van der Waals surface area contributed by atoms with E-state index in [1.807, 2.05) is 0 Å². The molecule has 0 N–H and O–H groups in total. The Morgan fingerprint density at radius 1 is 1.11 bits per heavy atom. The van der Waals surface area contributed by atoms with Crippen molar-refractivity contribution in [3.05, 3.63) is 29.8 Å². The number of carbonyl (C=O) groups excluding carboxylic acids is 2. The van der Waals surface area contributed by atoms with Gasteiger partial charge in [-0.2, -0.15) is 0 Å². The summed E-state index contributed by atoms with van der Waals surface area (Å²) in [5.74, 6) is 0.508. The van der Waals surface area contributed by atoms with Crippen molar-refractivity contribution in [1.82, 2.24) is 9.80 Å². The van der Waals surface area contributed by atoms with E-state index in [0.29, 0.717) is 50.5 Å². The molecule has 2 heterocycles. The molecule has 28 heavy (non-hydrogen) atoms. The van der Waals surface area contributed by atoms with Crippen LogP contribution in [-0.4, -0.2) is 87.0 Å². The van der Waals surface area contributed by atoms with Crippen LogP contribution in [-0.2, 0) is 19.4 Å². The molecule has 0 bridgehead atoms. The zero-order valence-electron chi connectivity index (χ0n) is 16.0. The standard InChI is InChI=1S/C19H26N2O6S/c1-2-26-19(23)15-3-5-17(6-4-15)27-13-18(22)21-10-8-20(9-11-21)16-7-12-28(24,25)14-16/h3-6,16H,2,7-14H2,1H3/t16-/m1/s1. The molecule has 154 valence electrons. The molecule has 8 nitrogen and oxygen atoms in total. The summed E-state index contributed by atoms with van der Waals surface area (Å²) in [6.07, 6.45) is 0.682. The van der Waals surface area contributed by atoms with E-state index in [4.69, 9.17) is 9.47 Å². The molecule has 0 unspecified atom stereocenters. The summed E-state index contributed by atoms with van der Waals surface area (Å²) in [6.45, 7) is 4.49. The summed E-state index contributed by atoms with van der Waals surface area (Å²) >= 11 is 0. The molecule has 0 aliphatic carbocycles. The second-order valence-electron chi connectivity index (χ2n) is 7.01. The van der Waals surface area contributed by atoms with Crippen LogP contribution < -0.4 is 4.74 Å². The quantitative estimate of drug-likeness (QED) is 0.633. The maximum atomic E-state index is 12.4. The molecule has 2 aliphatic rings. The van der Waals surface area contributed by atoms with Crippen LogP contribution in [0, 0.1) is 0 Å². The van der Waals surface area contributed by atoms with Crippen molar-refractivity contribution in [2.75, 3.05) is 50.9 Å². The van der Waals surface area contributed by atoms with Crippen LogP contribution in [0.3, 0.4) is 0 Å². The van der Waals surface area contributed by atoms with Gasteiger partial charge in [0.05, 0.1) is 23.7 Å². The van der Waals surface area contributed by atoms with Gasteiger partial charge in [0.15, 0.2) is 16.4 Å². The van der Waals surface area contributed by atoms with Crippen molar-refractivity contribution in [3.63, 3.8) is 0 Å². The molecule has 0 radical (unpaired) electrons. The van der Waals surface area contributed by atoms with E-state index in [1.165, 1.54) is 0 Å². The monoisotopic (exact) mass is 410 g/mol. The number of nitrogens with zero attached hydrogens (tertiary/aromatic N) is 2. The predicted molar refractivity (Wildman–Crippen MR) is 103 cm³/mol. The zero-order chi connectivity index (χ0) is 20.1. The number of sulfone groups is 1. The van der Waals surface area contributed by atoms with Gasteiger partial charge in [-0.3, -0.25) is 9.69 Å². The number of amides is 1. The molecule has 2 fully saturated rings. The van der Waals surface area contributed by atoms with E-state index in [1.54, 1.807) is 36.1 Å². The van der Waals surface area contributed by atoms with E-state index < -0.39 is 15.8 Å². The van der Waals surface area contributed by atoms with E-state index in [9.17, 15) is 18.0 Å². The number of rotatable bonds is 6. The highest BCUT2D eigenvalue weighted by atomic mass is 32.2. The van der Waals surface area contributed by atoms with Crippen molar-refractivity contribution in [1.29, 1.82) is 0 Å². The minimum Gasteiger partial charge on any atom is -0.484 e. The number of benzene rings is 1. The van der Waals surface area contributed by atoms with Gasteiger partial charge in [0, 0.05) is 32.2 Å². The lowest BCUT2D eigenvalue weighted by Crippen LogP contribution is -2.53. The Balaban J connectivity index is 1.43. The predicted octanol–water partition coefficient (Wildman–Crippen LogP) is 0.573. The van der Waals surface area contributed by atoms with Crippen molar-refractivity contribution in [2.24, 2.45) is 0 Å². The summed E-state index contributed by atoms with van der Waals surface area (Å²) in [4.78, 5) is 27.9. The SMILES string of the molecule is CCOC(=O)c1ccc(OCC(=O)N2CCN([C@@H]3CCS(=O)(=O)C3)CC2)cc1. The van der Waals surface area contributed by atoms with E-state index in [-0.39, 0.29) is 30.1 Å². The van der Waals surface area contributed by atoms with Crippen LogP contribution in [0.1, 0.15) is 23.7 Å². The molecule has 1 aromatic carbocycles. The fraction of sp³-hybridized carbons (Fsp3) is 0.579. The Morgan fingerprint density at radius 2 is 1.79 bits per heavy atom. The smallest absolute Gasteiger partial charge is 0.338 e. The number of hydrogen-bond donors (Lipinski definition) is 0. The van der Waals surface area contributed by atoms with Gasteiger partial charge in [-0.05, 0) is 37.6 Å². The lowest BCUT2D eigenvalue weighted by atomic mass is 10.2. The second kappa shape index (κ2) is 8.91. The van der Waals surface area contributed by atoms with Crippen LogP contribution in [0.2, 0.25) is 0 Å². The van der Waals surface area contributed by atoms with Gasteiger partial charge >= 0.3 is 5.97 Å². The Kier molecular flexibility index (Phi) is 6.56. The van der Waals surface area contributed by atoms with Gasteiger partial charge in [0.2, 0.25) is 0 Å². The molecule has 0 saturated carbocycles. The largest absolute Gasteiger partial charge is 0.484 e. The Morgan fingerprint density at radius 3 is 2.36 bits per heavy atom. The molecular formula is C19H26N2O6S.